The molecular weight excluding hydrogens is 530 g/mol. The van der Waals surface area contributed by atoms with E-state index in [0.717, 1.165) is 55.2 Å². The van der Waals surface area contributed by atoms with Crippen LogP contribution in [-0.2, 0) is 4.74 Å². The lowest BCUT2D eigenvalue weighted by Gasteiger charge is -2.39. The molecular formula is C34H41N3O5. The predicted molar refractivity (Wildman–Crippen MR) is 163 cm³/mol. The molecule has 0 radical (unpaired) electrons. The number of aromatic hydroxyl groups is 1. The Morgan fingerprint density at radius 1 is 1.10 bits per heavy atom. The second-order valence-corrected chi connectivity index (χ2v) is 11.7. The number of benzene rings is 2. The van der Waals surface area contributed by atoms with Gasteiger partial charge in [-0.1, -0.05) is 25.7 Å². The van der Waals surface area contributed by atoms with Crippen molar-refractivity contribution in [3.8, 4) is 11.5 Å². The van der Waals surface area contributed by atoms with Gasteiger partial charge in [-0.25, -0.2) is 4.79 Å². The van der Waals surface area contributed by atoms with Crippen LogP contribution in [0.15, 0.2) is 47.1 Å². The average Bonchev–Trinajstić information content (AvgIpc) is 3.64. The van der Waals surface area contributed by atoms with Crippen LogP contribution in [0, 0.1) is 12.8 Å². The van der Waals surface area contributed by atoms with Gasteiger partial charge < -0.3 is 23.9 Å². The Morgan fingerprint density at radius 2 is 1.83 bits per heavy atom. The minimum absolute atomic E-state index is 0.130. The summed E-state index contributed by atoms with van der Waals surface area (Å²) >= 11 is 0. The van der Waals surface area contributed by atoms with Gasteiger partial charge in [0.1, 0.15) is 28.4 Å². The van der Waals surface area contributed by atoms with Crippen LogP contribution in [0.1, 0.15) is 72.3 Å². The van der Waals surface area contributed by atoms with Crippen molar-refractivity contribution in [1.29, 1.82) is 0 Å². The average molecular weight is 572 g/mol. The van der Waals surface area contributed by atoms with Crippen molar-refractivity contribution in [1.82, 2.24) is 14.8 Å². The quantitative estimate of drug-likeness (QED) is 0.229. The summed E-state index contributed by atoms with van der Waals surface area (Å²) in [6.07, 6.45) is 9.79. The number of carbonyl (C=O) groups excluding carboxylic acids is 1. The summed E-state index contributed by atoms with van der Waals surface area (Å²) in [4.78, 5) is 22.3. The van der Waals surface area contributed by atoms with Gasteiger partial charge in [0.15, 0.2) is 0 Å². The topological polar surface area (TPSA) is 88.3 Å². The number of likely N-dealkylation sites (N-methyl/N-ethyl adjacent to an activating group) is 1. The maximum absolute atomic E-state index is 13.4. The maximum atomic E-state index is 13.4. The molecule has 1 aliphatic heterocycles. The third-order valence-electron chi connectivity index (χ3n) is 9.05. The zero-order valence-electron chi connectivity index (χ0n) is 24.9. The van der Waals surface area contributed by atoms with Crippen molar-refractivity contribution in [2.75, 3.05) is 46.4 Å². The summed E-state index contributed by atoms with van der Waals surface area (Å²) in [6.45, 7) is 7.88. The normalized spacial score (nSPS) is 17.7. The number of nitrogens with zero attached hydrogens (tertiary/aromatic N) is 3. The maximum Gasteiger partial charge on any atom is 0.342 e. The fourth-order valence-electron chi connectivity index (χ4n) is 6.81. The predicted octanol–water partition coefficient (Wildman–Crippen LogP) is 6.47. The first-order valence-corrected chi connectivity index (χ1v) is 15.3. The number of furan rings is 1. The van der Waals surface area contributed by atoms with Crippen LogP contribution < -0.4 is 4.74 Å². The van der Waals surface area contributed by atoms with Crippen LogP contribution >= 0.6 is 0 Å². The molecule has 222 valence electrons. The summed E-state index contributed by atoms with van der Waals surface area (Å²) < 4.78 is 18.1. The van der Waals surface area contributed by atoms with Crippen LogP contribution in [0.25, 0.3) is 21.7 Å². The molecule has 1 saturated carbocycles. The highest BCUT2D eigenvalue weighted by atomic mass is 16.5. The Hall–Kier alpha value is -3.62. The largest absolute Gasteiger partial charge is 0.507 e. The van der Waals surface area contributed by atoms with Crippen molar-refractivity contribution in [3.05, 3.63) is 65.2 Å². The van der Waals surface area contributed by atoms with Gasteiger partial charge in [0, 0.05) is 60.3 Å². The van der Waals surface area contributed by atoms with E-state index in [9.17, 15) is 9.90 Å². The molecule has 42 heavy (non-hydrogen) atoms. The monoisotopic (exact) mass is 571 g/mol. The fourth-order valence-corrected chi connectivity index (χ4v) is 6.81. The molecule has 8 heteroatoms. The first-order chi connectivity index (χ1) is 20.5. The molecule has 8 nitrogen and oxygen atoms in total. The molecule has 1 unspecified atom stereocenters. The van der Waals surface area contributed by atoms with Crippen LogP contribution in [-0.4, -0.2) is 72.3 Å². The van der Waals surface area contributed by atoms with E-state index in [2.05, 4.69) is 21.8 Å². The molecule has 0 amide bonds. The molecule has 0 bridgehead atoms. The van der Waals surface area contributed by atoms with E-state index in [0.29, 0.717) is 39.8 Å². The van der Waals surface area contributed by atoms with Crippen molar-refractivity contribution in [2.45, 2.75) is 52.0 Å². The van der Waals surface area contributed by atoms with Crippen LogP contribution in [0.4, 0.5) is 0 Å². The molecule has 2 fully saturated rings. The highest BCUT2D eigenvalue weighted by molar-refractivity contribution is 6.17. The molecule has 1 atom stereocenters. The third kappa shape index (κ3) is 5.45. The van der Waals surface area contributed by atoms with Gasteiger partial charge in [0.05, 0.1) is 19.3 Å². The number of hydrogen-bond donors (Lipinski definition) is 1. The zero-order valence-corrected chi connectivity index (χ0v) is 24.9. The number of esters is 1. The lowest BCUT2D eigenvalue weighted by molar-refractivity contribution is 0.0526. The number of ether oxygens (including phenoxy) is 2. The molecule has 3 heterocycles. The zero-order chi connectivity index (χ0) is 29.2. The smallest absolute Gasteiger partial charge is 0.342 e. The van der Waals surface area contributed by atoms with E-state index in [-0.39, 0.29) is 18.4 Å². The third-order valence-corrected chi connectivity index (χ3v) is 9.05. The van der Waals surface area contributed by atoms with E-state index in [1.54, 1.807) is 26.2 Å². The molecule has 2 aromatic carbocycles. The first kappa shape index (κ1) is 28.5. The SMILES string of the molecule is CCOC(=O)c1c(C)oc2c1c(C(c1ccncc1)N1CCN(C)CC1)c(O)c1cc(OCCC3CCCC3)ccc12. The highest BCUT2D eigenvalue weighted by Gasteiger charge is 2.35. The molecule has 1 saturated heterocycles. The molecule has 2 aromatic heterocycles. The standard InChI is InChI=1S/C34H41N3O5/c1-4-40-34(39)28-22(2)42-33-26-10-9-25(41-20-13-23-7-5-6-8-23)21-27(26)32(38)30(29(28)33)31(24-11-14-35-15-12-24)37-18-16-36(3)17-19-37/h9-12,14-15,21,23,31,38H,4-8,13,16-20H2,1-3H3. The number of piperazine rings is 1. The summed E-state index contributed by atoms with van der Waals surface area (Å²) in [6, 6.07) is 9.42. The van der Waals surface area contributed by atoms with Crippen LogP contribution in [0.3, 0.4) is 0 Å². The van der Waals surface area contributed by atoms with Crippen molar-refractivity contribution in [3.63, 3.8) is 0 Å². The van der Waals surface area contributed by atoms with Gasteiger partial charge >= 0.3 is 5.97 Å². The van der Waals surface area contributed by atoms with Crippen LogP contribution in [0.2, 0.25) is 0 Å². The number of phenols is 1. The Balaban J connectivity index is 1.54. The van der Waals surface area contributed by atoms with E-state index >= 15 is 0 Å². The van der Waals surface area contributed by atoms with Gasteiger partial charge in [-0.3, -0.25) is 9.88 Å². The lowest BCUT2D eigenvalue weighted by Crippen LogP contribution is -2.46. The van der Waals surface area contributed by atoms with Gasteiger partial charge in [0.2, 0.25) is 0 Å². The van der Waals surface area contributed by atoms with Gasteiger partial charge in [0.25, 0.3) is 0 Å². The number of pyridine rings is 1. The number of aryl methyl sites for hydroxylation is 1. The number of aromatic nitrogens is 1. The summed E-state index contributed by atoms with van der Waals surface area (Å²) in [5.74, 6) is 1.61. The first-order valence-electron chi connectivity index (χ1n) is 15.3. The van der Waals surface area contributed by atoms with E-state index < -0.39 is 5.97 Å². The van der Waals surface area contributed by atoms with E-state index in [1.165, 1.54) is 25.7 Å². The van der Waals surface area contributed by atoms with Crippen molar-refractivity contribution < 1.29 is 23.8 Å². The molecule has 2 aliphatic rings. The summed E-state index contributed by atoms with van der Waals surface area (Å²) in [5, 5.41) is 14.2. The second-order valence-electron chi connectivity index (χ2n) is 11.7. The Kier molecular flexibility index (Phi) is 8.36. The van der Waals surface area contributed by atoms with Crippen LogP contribution in [0.5, 0.6) is 11.5 Å². The Morgan fingerprint density at radius 3 is 2.55 bits per heavy atom. The number of phenolic OH excluding ortho intramolecular Hbond substituents is 1. The summed E-state index contributed by atoms with van der Waals surface area (Å²) in [7, 11) is 2.12. The number of fused-ring (bicyclic) bond motifs is 3. The number of hydrogen-bond acceptors (Lipinski definition) is 8. The fraction of sp³-hybridized carbons (Fsp3) is 0.471. The lowest BCUT2D eigenvalue weighted by atomic mass is 9.89. The molecule has 0 spiro atoms. The summed E-state index contributed by atoms with van der Waals surface area (Å²) in [5.41, 5.74) is 2.58. The molecule has 1 aliphatic carbocycles. The number of carbonyl (C=O) groups is 1. The molecule has 6 rings (SSSR count). The van der Waals surface area contributed by atoms with E-state index in [4.69, 9.17) is 13.9 Å². The minimum Gasteiger partial charge on any atom is -0.507 e. The van der Waals surface area contributed by atoms with Crippen molar-refractivity contribution >= 4 is 27.7 Å². The van der Waals surface area contributed by atoms with Gasteiger partial charge in [-0.15, -0.1) is 0 Å². The molecule has 4 aromatic rings. The van der Waals surface area contributed by atoms with Crippen molar-refractivity contribution in [2.24, 2.45) is 5.92 Å². The minimum atomic E-state index is -0.451. The molecule has 1 N–H and O–H groups in total. The Labute approximate surface area is 247 Å². The highest BCUT2D eigenvalue weighted by Crippen LogP contribution is 2.48. The Bertz CT molecular complexity index is 1550. The van der Waals surface area contributed by atoms with Gasteiger partial charge in [-0.05, 0) is 69.1 Å². The van der Waals surface area contributed by atoms with Gasteiger partial charge in [-0.2, -0.15) is 0 Å². The van der Waals surface area contributed by atoms with E-state index in [1.807, 2.05) is 30.3 Å². The number of rotatable bonds is 9. The second kappa shape index (κ2) is 12.3.